The topological polar surface area (TPSA) is 101 Å². The molecule has 0 saturated carbocycles. The second-order valence-electron chi connectivity index (χ2n) is 5.70. The van der Waals surface area contributed by atoms with Gasteiger partial charge in [-0.2, -0.15) is 4.31 Å². The molecule has 1 aliphatic rings. The summed E-state index contributed by atoms with van der Waals surface area (Å²) in [4.78, 5) is 22.3. The average molecular weight is 359 g/mol. The minimum Gasteiger partial charge on any atom is -0.481 e. The molecule has 0 amide bonds. The number of hydrogen-bond acceptors (Lipinski definition) is 5. The molecule has 7 nitrogen and oxygen atoms in total. The van der Waals surface area contributed by atoms with Crippen molar-refractivity contribution < 1.29 is 32.2 Å². The average Bonchev–Trinajstić information content (AvgIpc) is 2.53. The third kappa shape index (κ3) is 3.57. The lowest BCUT2D eigenvalue weighted by atomic mass is 9.96. The fraction of sp³-hybridized carbons (Fsp3) is 0.467. The van der Waals surface area contributed by atoms with Crippen LogP contribution in [0.15, 0.2) is 23.1 Å². The maximum Gasteiger partial charge on any atom is 0.337 e. The van der Waals surface area contributed by atoms with E-state index >= 15 is 0 Å². The first-order valence-electron chi connectivity index (χ1n) is 7.30. The van der Waals surface area contributed by atoms with Crippen LogP contribution in [0, 0.1) is 11.7 Å². The Morgan fingerprint density at radius 1 is 1.29 bits per heavy atom. The summed E-state index contributed by atoms with van der Waals surface area (Å²) in [7, 11) is -3.04. The Morgan fingerprint density at radius 2 is 1.96 bits per heavy atom. The van der Waals surface area contributed by atoms with E-state index in [0.717, 1.165) is 29.6 Å². The van der Waals surface area contributed by atoms with E-state index < -0.39 is 44.6 Å². The Kier molecular flexibility index (Phi) is 5.24. The lowest BCUT2D eigenvalue weighted by Gasteiger charge is -2.35. The number of benzene rings is 1. The molecule has 0 aliphatic carbocycles. The van der Waals surface area contributed by atoms with Crippen LogP contribution in [0.4, 0.5) is 4.39 Å². The van der Waals surface area contributed by atoms with Crippen molar-refractivity contribution in [2.24, 2.45) is 5.92 Å². The van der Waals surface area contributed by atoms with Gasteiger partial charge in [-0.05, 0) is 38.0 Å². The molecule has 1 aliphatic heterocycles. The molecule has 132 valence electrons. The normalized spacial score (nSPS) is 22.1. The van der Waals surface area contributed by atoms with Crippen molar-refractivity contribution in [1.29, 1.82) is 0 Å². The molecular formula is C15H18FNO6S. The van der Waals surface area contributed by atoms with Crippen LogP contribution in [-0.4, -0.2) is 49.5 Å². The molecule has 1 fully saturated rings. The number of aliphatic carboxylic acids is 1. The third-order valence-corrected chi connectivity index (χ3v) is 6.03. The standard InChI is InChI=1S/C15H18FNO6S/c1-9-3-4-10(14(18)19)8-17(9)24(21,22)13-6-11(15(20)23-2)5-12(16)7-13/h5-7,9-10H,3-4,8H2,1-2H3,(H,18,19). The first-order chi connectivity index (χ1) is 11.2. The van der Waals surface area contributed by atoms with E-state index in [4.69, 9.17) is 5.11 Å². The molecule has 0 spiro atoms. The molecule has 0 aromatic heterocycles. The number of sulfonamides is 1. The van der Waals surface area contributed by atoms with Gasteiger partial charge in [0.15, 0.2) is 0 Å². The number of carboxylic acid groups (broad SMARTS) is 1. The van der Waals surface area contributed by atoms with Crippen LogP contribution >= 0.6 is 0 Å². The number of rotatable bonds is 4. The summed E-state index contributed by atoms with van der Waals surface area (Å²) in [6.07, 6.45) is 0.758. The van der Waals surface area contributed by atoms with Crippen molar-refractivity contribution in [2.75, 3.05) is 13.7 Å². The number of methoxy groups -OCH3 is 1. The summed E-state index contributed by atoms with van der Waals surface area (Å²) in [5.41, 5.74) is -0.226. The molecule has 1 heterocycles. The van der Waals surface area contributed by atoms with Gasteiger partial charge in [0.25, 0.3) is 0 Å². The number of nitrogens with zero attached hydrogens (tertiary/aromatic N) is 1. The van der Waals surface area contributed by atoms with Crippen molar-refractivity contribution >= 4 is 22.0 Å². The molecule has 0 radical (unpaired) electrons. The number of ether oxygens (including phenoxy) is 1. The molecule has 2 atom stereocenters. The highest BCUT2D eigenvalue weighted by Crippen LogP contribution is 2.29. The highest BCUT2D eigenvalue weighted by atomic mass is 32.2. The molecule has 0 bridgehead atoms. The van der Waals surface area contributed by atoms with Crippen molar-refractivity contribution in [3.63, 3.8) is 0 Å². The Morgan fingerprint density at radius 3 is 2.54 bits per heavy atom. The van der Waals surface area contributed by atoms with Crippen molar-refractivity contribution in [2.45, 2.75) is 30.7 Å². The van der Waals surface area contributed by atoms with Crippen LogP contribution in [0.25, 0.3) is 0 Å². The summed E-state index contributed by atoms with van der Waals surface area (Å²) in [5, 5.41) is 9.13. The zero-order valence-electron chi connectivity index (χ0n) is 13.2. The van der Waals surface area contributed by atoms with E-state index in [0.29, 0.717) is 12.8 Å². The quantitative estimate of drug-likeness (QED) is 0.818. The Labute approximate surface area is 139 Å². The molecule has 1 aromatic carbocycles. The second kappa shape index (κ2) is 6.86. The lowest BCUT2D eigenvalue weighted by molar-refractivity contribution is -0.143. The van der Waals surface area contributed by atoms with Gasteiger partial charge in [-0.3, -0.25) is 4.79 Å². The van der Waals surface area contributed by atoms with E-state index in [2.05, 4.69) is 4.74 Å². The molecule has 1 N–H and O–H groups in total. The molecule has 9 heteroatoms. The number of esters is 1. The minimum absolute atomic E-state index is 0.192. The van der Waals surface area contributed by atoms with Gasteiger partial charge in [0, 0.05) is 12.6 Å². The molecule has 1 aromatic rings. The van der Waals surface area contributed by atoms with Crippen molar-refractivity contribution in [1.82, 2.24) is 4.31 Å². The Hall–Kier alpha value is -2.00. The maximum atomic E-state index is 13.7. The molecule has 24 heavy (non-hydrogen) atoms. The zero-order valence-corrected chi connectivity index (χ0v) is 14.0. The fourth-order valence-electron chi connectivity index (χ4n) is 2.69. The lowest BCUT2D eigenvalue weighted by Crippen LogP contribution is -2.47. The largest absolute Gasteiger partial charge is 0.481 e. The predicted octanol–water partition coefficient (Wildman–Crippen LogP) is 1.49. The van der Waals surface area contributed by atoms with Gasteiger partial charge in [0.2, 0.25) is 10.0 Å². The van der Waals surface area contributed by atoms with Crippen LogP contribution in [-0.2, 0) is 19.6 Å². The first-order valence-corrected chi connectivity index (χ1v) is 8.74. The number of carboxylic acids is 1. The monoisotopic (exact) mass is 359 g/mol. The van der Waals surface area contributed by atoms with Crippen LogP contribution in [0.3, 0.4) is 0 Å². The minimum atomic E-state index is -4.14. The first kappa shape index (κ1) is 18.3. The van der Waals surface area contributed by atoms with E-state index in [-0.39, 0.29) is 12.1 Å². The van der Waals surface area contributed by atoms with Crippen molar-refractivity contribution in [3.8, 4) is 0 Å². The van der Waals surface area contributed by atoms with E-state index in [9.17, 15) is 22.4 Å². The van der Waals surface area contributed by atoms with Gasteiger partial charge in [0.1, 0.15) is 5.82 Å². The molecule has 1 saturated heterocycles. The number of hydrogen-bond donors (Lipinski definition) is 1. The summed E-state index contributed by atoms with van der Waals surface area (Å²) in [5.74, 6) is -3.64. The van der Waals surface area contributed by atoms with Gasteiger partial charge < -0.3 is 9.84 Å². The van der Waals surface area contributed by atoms with E-state index in [1.54, 1.807) is 6.92 Å². The zero-order chi connectivity index (χ0) is 18.1. The second-order valence-corrected chi connectivity index (χ2v) is 7.59. The van der Waals surface area contributed by atoms with Gasteiger partial charge in [-0.1, -0.05) is 0 Å². The van der Waals surface area contributed by atoms with Crippen LogP contribution < -0.4 is 0 Å². The smallest absolute Gasteiger partial charge is 0.337 e. The summed E-state index contributed by atoms with van der Waals surface area (Å²) in [6.45, 7) is 1.47. The van der Waals surface area contributed by atoms with Gasteiger partial charge in [-0.25, -0.2) is 17.6 Å². The Balaban J connectivity index is 2.44. The molecule has 2 rings (SSSR count). The van der Waals surface area contributed by atoms with Crippen LogP contribution in [0.2, 0.25) is 0 Å². The van der Waals surface area contributed by atoms with Crippen LogP contribution in [0.1, 0.15) is 30.1 Å². The maximum absolute atomic E-state index is 13.7. The van der Waals surface area contributed by atoms with Crippen molar-refractivity contribution in [3.05, 3.63) is 29.6 Å². The number of piperidine rings is 1. The van der Waals surface area contributed by atoms with Gasteiger partial charge in [0.05, 0.1) is 23.5 Å². The number of halogens is 1. The molecular weight excluding hydrogens is 341 g/mol. The fourth-order valence-corrected chi connectivity index (χ4v) is 4.46. The van der Waals surface area contributed by atoms with Crippen LogP contribution in [0.5, 0.6) is 0 Å². The highest BCUT2D eigenvalue weighted by molar-refractivity contribution is 7.89. The molecule has 2 unspecified atom stereocenters. The number of carbonyl (C=O) groups excluding carboxylic acids is 1. The third-order valence-electron chi connectivity index (χ3n) is 4.07. The summed E-state index contributed by atoms with van der Waals surface area (Å²) < 4.78 is 44.9. The van der Waals surface area contributed by atoms with E-state index in [1.165, 1.54) is 0 Å². The summed E-state index contributed by atoms with van der Waals surface area (Å²) >= 11 is 0. The SMILES string of the molecule is COC(=O)c1cc(F)cc(S(=O)(=O)N2CC(C(=O)O)CCC2C)c1. The Bertz CT molecular complexity index is 763. The van der Waals surface area contributed by atoms with Gasteiger partial charge in [-0.15, -0.1) is 0 Å². The predicted molar refractivity (Wildman–Crippen MR) is 81.5 cm³/mol. The number of carbonyl (C=O) groups is 2. The van der Waals surface area contributed by atoms with Gasteiger partial charge >= 0.3 is 11.9 Å². The van der Waals surface area contributed by atoms with E-state index in [1.807, 2.05) is 0 Å². The summed E-state index contributed by atoms with van der Waals surface area (Å²) in [6, 6.07) is 2.29. The highest BCUT2D eigenvalue weighted by Gasteiger charge is 2.37.